The van der Waals surface area contributed by atoms with E-state index >= 15 is 0 Å². The van der Waals surface area contributed by atoms with Crippen molar-refractivity contribution in [1.82, 2.24) is 10.8 Å². The second-order valence-corrected chi connectivity index (χ2v) is 2.67. The van der Waals surface area contributed by atoms with Crippen molar-refractivity contribution < 1.29 is 22.8 Å². The van der Waals surface area contributed by atoms with Crippen molar-refractivity contribution >= 4 is 5.97 Å². The molecule has 0 fully saturated rings. The fraction of sp³-hybridized carbons (Fsp3) is 0.571. The van der Waals surface area contributed by atoms with Gasteiger partial charge in [0.25, 0.3) is 0 Å². The van der Waals surface area contributed by atoms with Gasteiger partial charge in [-0.25, -0.2) is 10.3 Å². The summed E-state index contributed by atoms with van der Waals surface area (Å²) < 4.78 is 35.0. The summed E-state index contributed by atoms with van der Waals surface area (Å²) in [6.45, 7) is 1.19. The molecule has 0 radical (unpaired) electrons. The first kappa shape index (κ1) is 10.8. The zero-order valence-electron chi connectivity index (χ0n) is 7.15. The first-order chi connectivity index (χ1) is 6.50. The van der Waals surface area contributed by atoms with Crippen LogP contribution in [0.25, 0.3) is 0 Å². The maximum absolute atomic E-state index is 11.7. The third-order valence-electron chi connectivity index (χ3n) is 1.57. The molecule has 14 heavy (non-hydrogen) atoms. The summed E-state index contributed by atoms with van der Waals surface area (Å²) in [6.07, 6.45) is -2.83. The van der Waals surface area contributed by atoms with Crippen molar-refractivity contribution in [1.29, 1.82) is 0 Å². The average Bonchev–Trinajstić information content (AvgIpc) is 2.14. The van der Waals surface area contributed by atoms with Crippen LogP contribution >= 0.6 is 0 Å². The van der Waals surface area contributed by atoms with Crippen molar-refractivity contribution in [3.05, 3.63) is 11.8 Å². The molecule has 0 spiro atoms. The molecule has 80 valence electrons. The highest BCUT2D eigenvalue weighted by molar-refractivity contribution is 5.75. The standard InChI is InChI=1S/C7H9F3N2O2/c8-7(9,10)6(13)14-12-5-1-3-11-4-2-5/h1,11-12H,2-4H2. The Morgan fingerprint density at radius 1 is 1.57 bits per heavy atom. The van der Waals surface area contributed by atoms with Crippen LogP contribution in [0.1, 0.15) is 6.42 Å². The summed E-state index contributed by atoms with van der Waals surface area (Å²) in [5.41, 5.74) is 2.45. The van der Waals surface area contributed by atoms with E-state index in [0.717, 1.165) is 0 Å². The Morgan fingerprint density at radius 2 is 2.29 bits per heavy atom. The second kappa shape index (κ2) is 4.32. The molecule has 2 N–H and O–H groups in total. The second-order valence-electron chi connectivity index (χ2n) is 2.67. The summed E-state index contributed by atoms with van der Waals surface area (Å²) in [4.78, 5) is 14.1. The van der Waals surface area contributed by atoms with Gasteiger partial charge in [0, 0.05) is 25.2 Å². The van der Waals surface area contributed by atoms with Crippen LogP contribution in [0.15, 0.2) is 11.8 Å². The number of carbonyl (C=O) groups is 1. The number of nitrogens with one attached hydrogen (secondary N) is 2. The van der Waals surface area contributed by atoms with Crippen LogP contribution in [0, 0.1) is 0 Å². The predicted octanol–water partition coefficient (Wildman–Crippen LogP) is 0.474. The number of hydrogen-bond donors (Lipinski definition) is 2. The maximum atomic E-state index is 11.7. The lowest BCUT2D eigenvalue weighted by atomic mass is 10.2. The first-order valence-electron chi connectivity index (χ1n) is 3.94. The average molecular weight is 210 g/mol. The van der Waals surface area contributed by atoms with E-state index in [1.54, 1.807) is 6.08 Å². The fourth-order valence-corrected chi connectivity index (χ4v) is 0.885. The lowest BCUT2D eigenvalue weighted by Crippen LogP contribution is -2.33. The van der Waals surface area contributed by atoms with E-state index in [0.29, 0.717) is 25.2 Å². The zero-order chi connectivity index (χ0) is 10.6. The number of hydrogen-bond acceptors (Lipinski definition) is 4. The van der Waals surface area contributed by atoms with Crippen LogP contribution < -0.4 is 10.8 Å². The fourth-order valence-electron chi connectivity index (χ4n) is 0.885. The summed E-state index contributed by atoms with van der Waals surface area (Å²) >= 11 is 0. The van der Waals surface area contributed by atoms with Gasteiger partial charge in [0.05, 0.1) is 0 Å². The van der Waals surface area contributed by atoms with Crippen molar-refractivity contribution in [3.63, 3.8) is 0 Å². The molecule has 0 saturated heterocycles. The van der Waals surface area contributed by atoms with E-state index < -0.39 is 12.1 Å². The number of rotatable bonds is 2. The normalized spacial score (nSPS) is 17.2. The molecule has 1 aliphatic heterocycles. The van der Waals surface area contributed by atoms with E-state index in [2.05, 4.69) is 10.2 Å². The third kappa shape index (κ3) is 3.25. The predicted molar refractivity (Wildman–Crippen MR) is 40.9 cm³/mol. The third-order valence-corrected chi connectivity index (χ3v) is 1.57. The molecule has 0 amide bonds. The SMILES string of the molecule is O=C(ONC1=CCNCC1)C(F)(F)F. The molecular formula is C7H9F3N2O2. The highest BCUT2D eigenvalue weighted by Crippen LogP contribution is 2.16. The van der Waals surface area contributed by atoms with Crippen molar-refractivity contribution in [3.8, 4) is 0 Å². The van der Waals surface area contributed by atoms with Gasteiger partial charge >= 0.3 is 12.1 Å². The molecule has 1 rings (SSSR count). The van der Waals surface area contributed by atoms with Gasteiger partial charge in [0.15, 0.2) is 0 Å². The van der Waals surface area contributed by atoms with Crippen LogP contribution in [0.2, 0.25) is 0 Å². The molecule has 0 aliphatic carbocycles. The quantitative estimate of drug-likeness (QED) is 0.650. The van der Waals surface area contributed by atoms with Gasteiger partial charge in [-0.1, -0.05) is 0 Å². The summed E-state index contributed by atoms with van der Waals surface area (Å²) in [6, 6.07) is 0. The molecule has 1 heterocycles. The van der Waals surface area contributed by atoms with Crippen molar-refractivity contribution in [2.45, 2.75) is 12.6 Å². The Kier molecular flexibility index (Phi) is 3.34. The van der Waals surface area contributed by atoms with Gasteiger partial charge in [0.1, 0.15) is 0 Å². The Bertz CT molecular complexity index is 250. The zero-order valence-corrected chi connectivity index (χ0v) is 7.15. The summed E-state index contributed by atoms with van der Waals surface area (Å²) in [5.74, 6) is -2.24. The molecule has 7 heteroatoms. The van der Waals surface area contributed by atoms with Gasteiger partial charge in [-0.15, -0.1) is 0 Å². The minimum Gasteiger partial charge on any atom is -0.335 e. The Hall–Kier alpha value is -1.24. The van der Waals surface area contributed by atoms with Gasteiger partial charge in [-0.3, -0.25) is 0 Å². The Balaban J connectivity index is 2.33. The highest BCUT2D eigenvalue weighted by Gasteiger charge is 2.41. The van der Waals surface area contributed by atoms with E-state index in [4.69, 9.17) is 0 Å². The number of hydroxylamine groups is 1. The van der Waals surface area contributed by atoms with Crippen molar-refractivity contribution in [2.75, 3.05) is 13.1 Å². The van der Waals surface area contributed by atoms with Crippen molar-refractivity contribution in [2.24, 2.45) is 0 Å². The van der Waals surface area contributed by atoms with Gasteiger partial charge in [-0.2, -0.15) is 13.2 Å². The number of halogens is 3. The molecule has 4 nitrogen and oxygen atoms in total. The number of alkyl halides is 3. The molecule has 0 aromatic carbocycles. The van der Waals surface area contributed by atoms with Gasteiger partial charge in [0.2, 0.25) is 0 Å². The van der Waals surface area contributed by atoms with E-state index in [1.165, 1.54) is 0 Å². The summed E-state index contributed by atoms with van der Waals surface area (Å²) in [7, 11) is 0. The topological polar surface area (TPSA) is 50.4 Å². The smallest absolute Gasteiger partial charge is 0.335 e. The molecule has 0 aromatic rings. The maximum Gasteiger partial charge on any atom is 0.493 e. The molecular weight excluding hydrogens is 201 g/mol. The minimum absolute atomic E-state index is 0.473. The summed E-state index contributed by atoms with van der Waals surface area (Å²) in [5, 5.41) is 2.95. The molecule has 0 saturated carbocycles. The molecule has 0 unspecified atom stereocenters. The molecule has 0 aromatic heterocycles. The Morgan fingerprint density at radius 3 is 2.79 bits per heavy atom. The van der Waals surface area contributed by atoms with Crippen LogP contribution in [-0.2, 0) is 9.63 Å². The number of carbonyl (C=O) groups excluding carboxylic acids is 1. The van der Waals surface area contributed by atoms with Crippen LogP contribution in [0.3, 0.4) is 0 Å². The monoisotopic (exact) mass is 210 g/mol. The molecule has 0 atom stereocenters. The van der Waals surface area contributed by atoms with Crippen LogP contribution in [-0.4, -0.2) is 25.2 Å². The molecule has 1 aliphatic rings. The van der Waals surface area contributed by atoms with Gasteiger partial charge in [-0.05, 0) is 6.08 Å². The van der Waals surface area contributed by atoms with E-state index in [1.807, 2.05) is 5.48 Å². The van der Waals surface area contributed by atoms with E-state index in [-0.39, 0.29) is 0 Å². The van der Waals surface area contributed by atoms with Gasteiger partial charge < -0.3 is 10.2 Å². The first-order valence-corrected chi connectivity index (χ1v) is 3.94. The van der Waals surface area contributed by atoms with Crippen LogP contribution in [0.4, 0.5) is 13.2 Å². The largest absolute Gasteiger partial charge is 0.493 e. The molecule has 0 bridgehead atoms. The lowest BCUT2D eigenvalue weighted by molar-refractivity contribution is -0.205. The Labute approximate surface area is 78.1 Å². The minimum atomic E-state index is -4.96. The van der Waals surface area contributed by atoms with Crippen LogP contribution in [0.5, 0.6) is 0 Å². The lowest BCUT2D eigenvalue weighted by Gasteiger charge is -2.15. The van der Waals surface area contributed by atoms with E-state index in [9.17, 15) is 18.0 Å². The highest BCUT2D eigenvalue weighted by atomic mass is 19.4.